The SMILES string of the molecule is CCCCC[CH]CCCCBr. The zero-order valence-corrected chi connectivity index (χ0v) is 9.20. The third-order valence-electron chi connectivity index (χ3n) is 1.80. The van der Waals surface area contributed by atoms with Gasteiger partial charge in [0.2, 0.25) is 0 Å². The molecule has 0 N–H and O–H groups in total. The van der Waals surface area contributed by atoms with Gasteiger partial charge in [-0.2, -0.15) is 0 Å². The maximum absolute atomic E-state index is 3.43. The Hall–Kier alpha value is 0.480. The van der Waals surface area contributed by atoms with Crippen LogP contribution in [0.5, 0.6) is 0 Å². The highest BCUT2D eigenvalue weighted by Gasteiger charge is 1.89. The molecule has 1 heteroatoms. The first-order valence-electron chi connectivity index (χ1n) is 4.79. The van der Waals surface area contributed by atoms with E-state index >= 15 is 0 Å². The molecule has 0 saturated carbocycles. The van der Waals surface area contributed by atoms with Crippen LogP contribution in [0.4, 0.5) is 0 Å². The predicted octanol–water partition coefficient (Wildman–Crippen LogP) is 4.34. The predicted molar refractivity (Wildman–Crippen MR) is 56.1 cm³/mol. The fourth-order valence-electron chi connectivity index (χ4n) is 1.07. The lowest BCUT2D eigenvalue weighted by atomic mass is 10.1. The van der Waals surface area contributed by atoms with Crippen molar-refractivity contribution in [3.63, 3.8) is 0 Å². The Morgan fingerprint density at radius 3 is 2.18 bits per heavy atom. The van der Waals surface area contributed by atoms with Gasteiger partial charge in [0.25, 0.3) is 0 Å². The average Bonchev–Trinajstić information content (AvgIpc) is 2.03. The van der Waals surface area contributed by atoms with Crippen molar-refractivity contribution in [2.45, 2.75) is 51.9 Å². The Bertz CT molecular complexity index is 53.9. The first-order chi connectivity index (χ1) is 5.41. The highest BCUT2D eigenvalue weighted by molar-refractivity contribution is 9.09. The maximum atomic E-state index is 3.43. The standard InChI is InChI=1S/C10H20Br/c1-2-3-4-5-6-7-8-9-10-11/h6H,2-5,7-10H2,1H3. The molecular formula is C10H20Br. The van der Waals surface area contributed by atoms with Crippen molar-refractivity contribution in [3.05, 3.63) is 6.42 Å². The van der Waals surface area contributed by atoms with Gasteiger partial charge in [-0.25, -0.2) is 0 Å². The molecule has 0 unspecified atom stereocenters. The van der Waals surface area contributed by atoms with Crippen LogP contribution in [-0.4, -0.2) is 5.33 Å². The zero-order valence-electron chi connectivity index (χ0n) is 7.61. The molecule has 0 spiro atoms. The normalized spacial score (nSPS) is 10.4. The molecule has 1 radical (unpaired) electrons. The summed E-state index contributed by atoms with van der Waals surface area (Å²) >= 11 is 3.43. The van der Waals surface area contributed by atoms with E-state index in [1.54, 1.807) is 0 Å². The van der Waals surface area contributed by atoms with Crippen LogP contribution in [0.3, 0.4) is 0 Å². The van der Waals surface area contributed by atoms with Gasteiger partial charge in [0.15, 0.2) is 0 Å². The van der Waals surface area contributed by atoms with Gasteiger partial charge in [0, 0.05) is 5.33 Å². The summed E-state index contributed by atoms with van der Waals surface area (Å²) in [6.45, 7) is 2.25. The van der Waals surface area contributed by atoms with E-state index in [2.05, 4.69) is 29.3 Å². The molecule has 0 saturated heterocycles. The van der Waals surface area contributed by atoms with Crippen LogP contribution in [0.2, 0.25) is 0 Å². The van der Waals surface area contributed by atoms with E-state index in [1.165, 1.54) is 44.9 Å². The molecule has 0 heterocycles. The van der Waals surface area contributed by atoms with Gasteiger partial charge in [0.05, 0.1) is 0 Å². The van der Waals surface area contributed by atoms with E-state index in [4.69, 9.17) is 0 Å². The lowest BCUT2D eigenvalue weighted by molar-refractivity contribution is 0.675. The van der Waals surface area contributed by atoms with Crippen LogP contribution in [-0.2, 0) is 0 Å². The monoisotopic (exact) mass is 219 g/mol. The summed E-state index contributed by atoms with van der Waals surface area (Å²) in [6, 6.07) is 0. The third-order valence-corrected chi connectivity index (χ3v) is 2.36. The van der Waals surface area contributed by atoms with E-state index in [1.807, 2.05) is 0 Å². The molecule has 0 atom stereocenters. The van der Waals surface area contributed by atoms with Crippen molar-refractivity contribution < 1.29 is 0 Å². The molecule has 0 aromatic heterocycles. The summed E-state index contributed by atoms with van der Waals surface area (Å²) in [5, 5.41) is 1.16. The molecular weight excluding hydrogens is 200 g/mol. The number of rotatable bonds is 8. The summed E-state index contributed by atoms with van der Waals surface area (Å²) < 4.78 is 0. The van der Waals surface area contributed by atoms with Gasteiger partial charge < -0.3 is 0 Å². The molecule has 0 nitrogen and oxygen atoms in total. The van der Waals surface area contributed by atoms with Crippen LogP contribution in [0.25, 0.3) is 0 Å². The Morgan fingerprint density at radius 2 is 1.64 bits per heavy atom. The lowest BCUT2D eigenvalue weighted by Crippen LogP contribution is -1.81. The Kier molecular flexibility index (Phi) is 10.9. The van der Waals surface area contributed by atoms with Crippen molar-refractivity contribution >= 4 is 15.9 Å². The number of halogens is 1. The van der Waals surface area contributed by atoms with E-state index in [0.717, 1.165) is 5.33 Å². The summed E-state index contributed by atoms with van der Waals surface area (Å²) in [5.74, 6) is 0. The summed E-state index contributed by atoms with van der Waals surface area (Å²) in [5.41, 5.74) is 0. The minimum absolute atomic E-state index is 1.16. The fraction of sp³-hybridized carbons (Fsp3) is 0.900. The zero-order chi connectivity index (χ0) is 8.36. The van der Waals surface area contributed by atoms with Crippen molar-refractivity contribution in [1.29, 1.82) is 0 Å². The van der Waals surface area contributed by atoms with Gasteiger partial charge in [-0.05, 0) is 12.8 Å². The first kappa shape index (κ1) is 11.5. The van der Waals surface area contributed by atoms with Crippen molar-refractivity contribution in [3.8, 4) is 0 Å². The molecule has 0 fully saturated rings. The molecule has 0 aromatic rings. The Morgan fingerprint density at radius 1 is 1.00 bits per heavy atom. The average molecular weight is 220 g/mol. The second-order valence-corrected chi connectivity index (χ2v) is 3.76. The van der Waals surface area contributed by atoms with Crippen molar-refractivity contribution in [2.75, 3.05) is 5.33 Å². The fourth-order valence-corrected chi connectivity index (χ4v) is 1.46. The maximum Gasteiger partial charge on any atom is 0.00313 e. The van der Waals surface area contributed by atoms with Crippen LogP contribution in [0.15, 0.2) is 0 Å². The minimum Gasteiger partial charge on any atom is -0.0928 e. The summed E-state index contributed by atoms with van der Waals surface area (Å²) in [7, 11) is 0. The Labute approximate surface area is 79.9 Å². The van der Waals surface area contributed by atoms with Gasteiger partial charge in [0.1, 0.15) is 0 Å². The number of hydrogen-bond donors (Lipinski definition) is 0. The van der Waals surface area contributed by atoms with E-state index in [9.17, 15) is 0 Å². The summed E-state index contributed by atoms with van der Waals surface area (Å²) in [6.07, 6.45) is 11.9. The van der Waals surface area contributed by atoms with Crippen LogP contribution in [0, 0.1) is 6.42 Å². The number of unbranched alkanes of at least 4 members (excludes halogenated alkanes) is 7. The van der Waals surface area contributed by atoms with E-state index in [-0.39, 0.29) is 0 Å². The molecule has 0 bridgehead atoms. The van der Waals surface area contributed by atoms with Gasteiger partial charge >= 0.3 is 0 Å². The van der Waals surface area contributed by atoms with Crippen LogP contribution < -0.4 is 0 Å². The smallest absolute Gasteiger partial charge is 0.00313 e. The molecule has 0 amide bonds. The molecule has 67 valence electrons. The minimum atomic E-state index is 1.16. The second kappa shape index (κ2) is 10.5. The second-order valence-electron chi connectivity index (χ2n) is 2.97. The number of alkyl halides is 1. The molecule has 0 rings (SSSR count). The van der Waals surface area contributed by atoms with Crippen molar-refractivity contribution in [2.24, 2.45) is 0 Å². The molecule has 0 aromatic carbocycles. The molecule has 0 aliphatic heterocycles. The lowest BCUT2D eigenvalue weighted by Gasteiger charge is -1.98. The van der Waals surface area contributed by atoms with E-state index < -0.39 is 0 Å². The largest absolute Gasteiger partial charge is 0.0928 e. The molecule has 0 aliphatic rings. The van der Waals surface area contributed by atoms with E-state index in [0.29, 0.717) is 0 Å². The van der Waals surface area contributed by atoms with Crippen molar-refractivity contribution in [1.82, 2.24) is 0 Å². The Balaban J connectivity index is 2.69. The number of hydrogen-bond acceptors (Lipinski definition) is 0. The topological polar surface area (TPSA) is 0 Å². The van der Waals surface area contributed by atoms with Gasteiger partial charge in [-0.3, -0.25) is 0 Å². The summed E-state index contributed by atoms with van der Waals surface area (Å²) in [4.78, 5) is 0. The molecule has 11 heavy (non-hydrogen) atoms. The quantitative estimate of drug-likeness (QED) is 0.421. The molecule has 0 aliphatic carbocycles. The highest BCUT2D eigenvalue weighted by atomic mass is 79.9. The first-order valence-corrected chi connectivity index (χ1v) is 5.91. The van der Waals surface area contributed by atoms with Crippen LogP contribution >= 0.6 is 15.9 Å². The third kappa shape index (κ3) is 10.5. The van der Waals surface area contributed by atoms with Crippen LogP contribution in [0.1, 0.15) is 51.9 Å². The highest BCUT2D eigenvalue weighted by Crippen LogP contribution is 2.07. The van der Waals surface area contributed by atoms with Gasteiger partial charge in [-0.15, -0.1) is 0 Å². The van der Waals surface area contributed by atoms with Gasteiger partial charge in [-0.1, -0.05) is 61.4 Å².